The highest BCUT2D eigenvalue weighted by Gasteiger charge is 2.47. The van der Waals surface area contributed by atoms with Gasteiger partial charge in [-0.3, -0.25) is 29.2 Å². The molecular formula is C73H83F2N17O6. The molecule has 3 unspecified atom stereocenters. The van der Waals surface area contributed by atoms with Crippen molar-refractivity contribution in [2.45, 2.75) is 101 Å². The summed E-state index contributed by atoms with van der Waals surface area (Å²) in [5.41, 5.74) is 6.82. The summed E-state index contributed by atoms with van der Waals surface area (Å²) >= 11 is 0. The number of ether oxygens (including phenoxy) is 4. The number of piperazine rings is 2. The number of carbonyl (C=O) groups excluding carboxylic acids is 2. The molecule has 4 aromatic heterocycles. The number of halogens is 2. The molecule has 2 amide bonds. The minimum absolute atomic E-state index is 0.120. The normalized spacial score (nSPS) is 20.6. The number of nitriles is 1. The molecule has 98 heavy (non-hydrogen) atoms. The minimum atomic E-state index is -1.13. The van der Waals surface area contributed by atoms with E-state index in [0.29, 0.717) is 123 Å². The Bertz CT molecular complexity index is 4290. The first kappa shape index (κ1) is 66.0. The molecule has 0 aliphatic carbocycles. The van der Waals surface area contributed by atoms with E-state index in [-0.39, 0.29) is 64.8 Å². The van der Waals surface area contributed by atoms with Crippen molar-refractivity contribution >= 4 is 45.5 Å². The number of likely N-dealkylation sites (tertiary alicyclic amines) is 2. The van der Waals surface area contributed by atoms with Gasteiger partial charge in [0.05, 0.1) is 73.5 Å². The third-order valence-electron chi connectivity index (χ3n) is 21.0. The van der Waals surface area contributed by atoms with Gasteiger partial charge in [-0.1, -0.05) is 42.3 Å². The SMILES string of the molecule is C#CC(C(=O)N1CCC[C@@H](n2nc(-c3ccc(Oc4ccccc4)cc3F)c3c(N)ncnc32)C1)C(Nc1ncnc2c1c(-c1ccc(Oc3ccccc3)cc1F)nn2[C@@H]1CCCN(C(=O)C(C#N)CC(C)(C)N2CCN(C3COC3)CC2)C1)C(C)(C)N1CCN(C2COC2)CC1. The van der Waals surface area contributed by atoms with Crippen molar-refractivity contribution in [1.82, 2.24) is 68.9 Å². The number of amides is 2. The van der Waals surface area contributed by atoms with E-state index in [0.717, 1.165) is 52.5 Å². The van der Waals surface area contributed by atoms with Gasteiger partial charge in [-0.25, -0.2) is 38.1 Å². The summed E-state index contributed by atoms with van der Waals surface area (Å²) in [6, 6.07) is 28.9. The average molecular weight is 1330 g/mol. The number of nitrogens with one attached hydrogen (secondary N) is 1. The maximum atomic E-state index is 17.3. The van der Waals surface area contributed by atoms with Crippen molar-refractivity contribution in [2.24, 2.45) is 11.8 Å². The van der Waals surface area contributed by atoms with E-state index in [1.54, 1.807) is 67.7 Å². The second-order valence-corrected chi connectivity index (χ2v) is 27.8. The zero-order valence-electron chi connectivity index (χ0n) is 55.9. The maximum Gasteiger partial charge on any atom is 0.240 e. The Labute approximate surface area is 568 Å². The Morgan fingerprint density at radius 2 is 1.12 bits per heavy atom. The molecule has 8 aromatic rings. The zero-order chi connectivity index (χ0) is 67.8. The molecule has 6 aliphatic heterocycles. The highest BCUT2D eigenvalue weighted by atomic mass is 19.1. The van der Waals surface area contributed by atoms with Crippen molar-refractivity contribution in [3.8, 4) is 63.9 Å². The summed E-state index contributed by atoms with van der Waals surface area (Å²) in [5, 5.41) is 25.6. The fourth-order valence-corrected chi connectivity index (χ4v) is 15.2. The van der Waals surface area contributed by atoms with Crippen LogP contribution in [0, 0.1) is 47.1 Å². The third-order valence-corrected chi connectivity index (χ3v) is 21.0. The lowest BCUT2D eigenvalue weighted by atomic mass is 9.81. The molecule has 0 bridgehead atoms. The molecule has 6 aliphatic rings. The third kappa shape index (κ3) is 13.2. The molecule has 23 nitrogen and oxygen atoms in total. The fourth-order valence-electron chi connectivity index (χ4n) is 15.2. The number of nitrogens with two attached hydrogens (primary N) is 1. The van der Waals surface area contributed by atoms with Crippen LogP contribution >= 0.6 is 0 Å². The molecule has 510 valence electrons. The average Bonchev–Trinajstić information content (AvgIpc) is 1.55. The maximum absolute atomic E-state index is 17.3. The molecule has 10 heterocycles. The molecular weight excluding hydrogens is 1250 g/mol. The van der Waals surface area contributed by atoms with Gasteiger partial charge in [0.15, 0.2) is 11.3 Å². The number of benzene rings is 4. The van der Waals surface area contributed by atoms with Crippen LogP contribution in [0.2, 0.25) is 0 Å². The first-order valence-electron chi connectivity index (χ1n) is 34.1. The summed E-state index contributed by atoms with van der Waals surface area (Å²) in [7, 11) is 0. The minimum Gasteiger partial charge on any atom is -0.457 e. The van der Waals surface area contributed by atoms with E-state index >= 15 is 13.6 Å². The molecule has 14 rings (SSSR count). The van der Waals surface area contributed by atoms with Gasteiger partial charge in [0.25, 0.3) is 0 Å². The zero-order valence-corrected chi connectivity index (χ0v) is 55.9. The standard InChI is InChI=1S/C73H83F2N17O6/c1-6-56(71(94)88-26-14-16-49(40-88)91-68-61(66(77)78-45-80-68)63(83-91)57-23-21-54(35-59(57)74)97-52-17-9-7-10-18-52)65(73(4,5)90-33-29-86(30-34-90)51-43-96-44-51)82-67-62-64(58-24-22-55(36-60(58)75)98-53-19-11-8-12-20-53)84-92(69(62)81-46-79-67)48-15-13-25-87(39-48)70(93)47(38-76)37-72(2,3)89-31-27-85(28-32-89)50-41-95-42-50/h1,7-12,17-24,35-36,45-51,56,65H,13-16,25-34,37,39-44H2,2-5H3,(H2,77,78,80)(H,79,81,82)/t47?,48-,49-,56?,65?/m1/s1. The topological polar surface area (TPSA) is 240 Å². The Balaban J connectivity index is 0.792. The summed E-state index contributed by atoms with van der Waals surface area (Å²) in [6.45, 7) is 18.8. The number of aromatic nitrogens is 8. The van der Waals surface area contributed by atoms with Crippen molar-refractivity contribution in [3.63, 3.8) is 0 Å². The predicted molar refractivity (Wildman–Crippen MR) is 366 cm³/mol. The van der Waals surface area contributed by atoms with Crippen LogP contribution in [0.3, 0.4) is 0 Å². The highest BCUT2D eigenvalue weighted by Crippen LogP contribution is 2.42. The molecule has 3 N–H and O–H groups in total. The van der Waals surface area contributed by atoms with Crippen LogP contribution in [0.15, 0.2) is 110 Å². The van der Waals surface area contributed by atoms with Crippen molar-refractivity contribution in [2.75, 3.05) is 116 Å². The molecule has 6 saturated heterocycles. The second-order valence-electron chi connectivity index (χ2n) is 27.8. The second kappa shape index (κ2) is 28.0. The number of hydrogen-bond donors (Lipinski definition) is 2. The number of nitrogen functional groups attached to an aromatic ring is 1. The Kier molecular flexibility index (Phi) is 18.8. The van der Waals surface area contributed by atoms with Gasteiger partial charge in [-0.15, -0.1) is 6.42 Å². The molecule has 25 heteroatoms. The van der Waals surface area contributed by atoms with Crippen molar-refractivity contribution in [3.05, 3.63) is 121 Å². The quantitative estimate of drug-likeness (QED) is 0.0677. The summed E-state index contributed by atoms with van der Waals surface area (Å²) in [6.07, 6.45) is 12.3. The van der Waals surface area contributed by atoms with Gasteiger partial charge in [0.1, 0.15) is 82.1 Å². The number of carbonyl (C=O) groups is 2. The van der Waals surface area contributed by atoms with Crippen LogP contribution in [-0.4, -0.2) is 215 Å². The number of terminal acetylenes is 1. The van der Waals surface area contributed by atoms with Crippen LogP contribution in [0.1, 0.15) is 71.9 Å². The molecule has 0 radical (unpaired) electrons. The number of rotatable bonds is 20. The number of para-hydroxylation sites is 2. The molecule has 6 fully saturated rings. The van der Waals surface area contributed by atoms with Gasteiger partial charge in [-0.2, -0.15) is 15.5 Å². The summed E-state index contributed by atoms with van der Waals surface area (Å²) < 4.78 is 60.4. The fraction of sp³-hybridized carbons (Fsp3) is 0.466. The van der Waals surface area contributed by atoms with E-state index in [2.05, 4.69) is 74.6 Å². The first-order chi connectivity index (χ1) is 47.5. The van der Waals surface area contributed by atoms with Crippen molar-refractivity contribution in [1.29, 1.82) is 5.26 Å². The lowest BCUT2D eigenvalue weighted by molar-refractivity contribution is -0.137. The molecule has 0 saturated carbocycles. The van der Waals surface area contributed by atoms with Gasteiger partial charge < -0.3 is 39.8 Å². The van der Waals surface area contributed by atoms with E-state index < -0.39 is 52.7 Å². The van der Waals surface area contributed by atoms with E-state index in [9.17, 15) is 10.1 Å². The smallest absolute Gasteiger partial charge is 0.240 e. The predicted octanol–water partition coefficient (Wildman–Crippen LogP) is 8.92. The van der Waals surface area contributed by atoms with E-state index in [1.165, 1.54) is 24.8 Å². The monoisotopic (exact) mass is 1330 g/mol. The number of fused-ring (bicyclic) bond motifs is 2. The Morgan fingerprint density at radius 1 is 0.633 bits per heavy atom. The molecule has 0 spiro atoms. The van der Waals surface area contributed by atoms with E-state index in [1.807, 2.05) is 36.4 Å². The van der Waals surface area contributed by atoms with E-state index in [4.69, 9.17) is 51.3 Å². The first-order valence-corrected chi connectivity index (χ1v) is 34.1. The summed E-state index contributed by atoms with van der Waals surface area (Å²) in [4.78, 5) is 62.8. The van der Waals surface area contributed by atoms with Crippen molar-refractivity contribution < 1.29 is 37.3 Å². The van der Waals surface area contributed by atoms with Crippen LogP contribution in [0.4, 0.5) is 20.4 Å². The van der Waals surface area contributed by atoms with Gasteiger partial charge >= 0.3 is 0 Å². The van der Waals surface area contributed by atoms with Crippen LogP contribution < -0.4 is 20.5 Å². The lowest BCUT2D eigenvalue weighted by Crippen LogP contribution is -2.66. The van der Waals surface area contributed by atoms with Crippen LogP contribution in [-0.2, 0) is 19.1 Å². The molecule has 4 aromatic carbocycles. The Morgan fingerprint density at radius 3 is 1.61 bits per heavy atom. The number of anilines is 2. The summed E-state index contributed by atoms with van der Waals surface area (Å²) in [5.74, 6) is 1.24. The lowest BCUT2D eigenvalue weighted by Gasteiger charge is -2.51. The largest absolute Gasteiger partial charge is 0.457 e. The van der Waals surface area contributed by atoms with Gasteiger partial charge in [-0.05, 0) is 108 Å². The van der Waals surface area contributed by atoms with Gasteiger partial charge in [0, 0.05) is 113 Å². The van der Waals surface area contributed by atoms with Gasteiger partial charge in [0.2, 0.25) is 11.8 Å². The number of hydrogen-bond acceptors (Lipinski definition) is 19. The highest BCUT2D eigenvalue weighted by molar-refractivity contribution is 6.00. The Hall–Kier alpha value is -9.21. The van der Waals surface area contributed by atoms with Crippen LogP contribution in [0.5, 0.6) is 23.0 Å². The molecule has 5 atom stereocenters. The number of nitrogens with zero attached hydrogens (tertiary/aromatic N) is 15. The number of piperidine rings is 2. The van der Waals surface area contributed by atoms with Crippen LogP contribution in [0.25, 0.3) is 44.6 Å².